The molecule has 37 heavy (non-hydrogen) atoms. The number of Topliss-reactive ketones (excluding diaryl/α,β-unsaturated/α-hetero) is 1. The van der Waals surface area contributed by atoms with E-state index in [0.29, 0.717) is 17.0 Å². The molecule has 0 amide bonds. The van der Waals surface area contributed by atoms with Crippen LogP contribution in [0.2, 0.25) is 0 Å². The highest BCUT2D eigenvalue weighted by atomic mass is 79.9. The highest BCUT2D eigenvalue weighted by Crippen LogP contribution is 2.25. The van der Waals surface area contributed by atoms with Crippen LogP contribution in [0.1, 0.15) is 71.3 Å². The summed E-state index contributed by atoms with van der Waals surface area (Å²) in [5.74, 6) is 1.34. The molecular formula is C26H38Br2N2O5S2. The molecular weight excluding hydrogens is 644 g/mol. The fourth-order valence-electron chi connectivity index (χ4n) is 2.23. The van der Waals surface area contributed by atoms with Crippen molar-refractivity contribution in [2.45, 2.75) is 64.9 Å². The van der Waals surface area contributed by atoms with Crippen LogP contribution >= 0.6 is 31.9 Å². The number of hydrogen-bond donors (Lipinski definition) is 1. The van der Waals surface area contributed by atoms with Gasteiger partial charge in [-0.1, -0.05) is 31.9 Å². The lowest BCUT2D eigenvalue weighted by Crippen LogP contribution is -2.27. The molecule has 0 aromatic heterocycles. The number of hydrogen-bond acceptors (Lipinski definition) is 5. The summed E-state index contributed by atoms with van der Waals surface area (Å²) in [5.41, 5.74) is 2.19. The Morgan fingerprint density at radius 2 is 1.19 bits per heavy atom. The number of nitrogens with two attached hydrogens (primary N) is 1. The van der Waals surface area contributed by atoms with Gasteiger partial charge in [0.05, 0.1) is 46.0 Å². The first-order valence-electron chi connectivity index (χ1n) is 11.2. The Hall–Kier alpha value is -1.40. The topological polar surface area (TPSA) is 108 Å². The van der Waals surface area contributed by atoms with Crippen molar-refractivity contribution >= 4 is 65.3 Å². The lowest BCUT2D eigenvalue weighted by Gasteiger charge is -2.15. The number of rotatable bonds is 5. The summed E-state index contributed by atoms with van der Waals surface area (Å²) in [6.45, 7) is 14.6. The Labute approximate surface area is 243 Å². The molecule has 0 aliphatic heterocycles. The Balaban J connectivity index is 0.000000586. The first-order chi connectivity index (χ1) is 16.8. The van der Waals surface area contributed by atoms with Gasteiger partial charge in [0.15, 0.2) is 5.78 Å². The molecule has 2 atom stereocenters. The SMILES string of the molecule is CC(C)(C)[S@](N)=O.COc1cc(Br)ccc1C(C)=N[S@](=O)C(C)(C)C.COc1cc(Br)ccc1C(C)=O. The average molecular weight is 683 g/mol. The predicted molar refractivity (Wildman–Crippen MR) is 164 cm³/mol. The zero-order valence-corrected chi connectivity index (χ0v) is 27.9. The van der Waals surface area contributed by atoms with Crippen LogP contribution in [0.5, 0.6) is 11.5 Å². The van der Waals surface area contributed by atoms with Gasteiger partial charge in [-0.3, -0.25) is 9.93 Å². The van der Waals surface area contributed by atoms with Crippen molar-refractivity contribution in [3.8, 4) is 11.5 Å². The standard InChI is InChI=1S/C13H18BrNO2S.C9H9BrO2.C4H11NOS/c1-9(15-18(16)13(2,3)4)11-7-6-10(14)8-12(11)17-5;1-6(11)8-4-3-7(10)5-9(8)12-2;1-4(2,3)7(5)6/h6-8H,1-5H3;3-5H,1-2H3;5H2,1-3H3/t18-;;7-/m1.1/s1. The molecule has 2 N–H and O–H groups in total. The summed E-state index contributed by atoms with van der Waals surface area (Å²) in [6.07, 6.45) is 0. The van der Waals surface area contributed by atoms with Crippen LogP contribution in [-0.2, 0) is 22.0 Å². The average Bonchev–Trinajstić information content (AvgIpc) is 2.78. The van der Waals surface area contributed by atoms with Gasteiger partial charge in [-0.2, -0.15) is 4.40 Å². The summed E-state index contributed by atoms with van der Waals surface area (Å²) in [5, 5.41) is 5.04. The van der Waals surface area contributed by atoms with E-state index in [9.17, 15) is 13.2 Å². The Kier molecular flexibility index (Phi) is 15.3. The lowest BCUT2D eigenvalue weighted by molar-refractivity contribution is 0.101. The van der Waals surface area contributed by atoms with E-state index < -0.39 is 22.0 Å². The van der Waals surface area contributed by atoms with Crippen molar-refractivity contribution in [2.24, 2.45) is 9.54 Å². The summed E-state index contributed by atoms with van der Waals surface area (Å²) >= 11 is 6.68. The zero-order chi connectivity index (χ0) is 29.1. The fourth-order valence-corrected chi connectivity index (χ4v) is 3.53. The molecule has 0 unspecified atom stereocenters. The van der Waals surface area contributed by atoms with Crippen molar-refractivity contribution in [1.82, 2.24) is 0 Å². The number of carbonyl (C=O) groups is 1. The number of ketones is 1. The third-order valence-electron chi connectivity index (χ3n) is 4.44. The van der Waals surface area contributed by atoms with Crippen LogP contribution < -0.4 is 14.6 Å². The van der Waals surface area contributed by atoms with E-state index in [1.165, 1.54) is 6.92 Å². The third kappa shape index (κ3) is 13.3. The van der Waals surface area contributed by atoms with Gasteiger partial charge in [-0.25, -0.2) is 8.42 Å². The molecule has 0 aliphatic rings. The maximum Gasteiger partial charge on any atom is 0.163 e. The highest BCUT2D eigenvalue weighted by Gasteiger charge is 2.20. The van der Waals surface area contributed by atoms with Crippen molar-refractivity contribution in [3.63, 3.8) is 0 Å². The number of carbonyl (C=O) groups excluding carboxylic acids is 1. The first-order valence-corrected chi connectivity index (χ1v) is 15.1. The number of nitrogens with zero attached hydrogens (tertiary/aromatic N) is 1. The van der Waals surface area contributed by atoms with Crippen LogP contribution in [0, 0.1) is 0 Å². The lowest BCUT2D eigenvalue weighted by atomic mass is 10.1. The third-order valence-corrected chi connectivity index (χ3v) is 8.12. The number of ether oxygens (including phenoxy) is 2. The van der Waals surface area contributed by atoms with Crippen molar-refractivity contribution < 1.29 is 22.7 Å². The molecule has 11 heteroatoms. The molecule has 2 rings (SSSR count). The van der Waals surface area contributed by atoms with Crippen LogP contribution in [0.3, 0.4) is 0 Å². The van der Waals surface area contributed by atoms with E-state index >= 15 is 0 Å². The first kappa shape index (κ1) is 35.6. The van der Waals surface area contributed by atoms with Crippen LogP contribution in [0.25, 0.3) is 0 Å². The highest BCUT2D eigenvalue weighted by molar-refractivity contribution is 9.10. The van der Waals surface area contributed by atoms with Crippen molar-refractivity contribution in [2.75, 3.05) is 14.2 Å². The maximum atomic E-state index is 12.0. The second-order valence-electron chi connectivity index (χ2n) is 9.69. The minimum Gasteiger partial charge on any atom is -0.496 e. The van der Waals surface area contributed by atoms with E-state index in [2.05, 4.69) is 36.3 Å². The summed E-state index contributed by atoms with van der Waals surface area (Å²) in [4.78, 5) is 11.0. The van der Waals surface area contributed by atoms with Crippen LogP contribution in [0.4, 0.5) is 0 Å². The molecule has 0 saturated carbocycles. The van der Waals surface area contributed by atoms with Gasteiger partial charge in [0.25, 0.3) is 0 Å². The van der Waals surface area contributed by atoms with Gasteiger partial charge in [0.1, 0.15) is 22.5 Å². The molecule has 0 saturated heterocycles. The van der Waals surface area contributed by atoms with Crippen molar-refractivity contribution in [3.05, 3.63) is 56.5 Å². The van der Waals surface area contributed by atoms with E-state index in [4.69, 9.17) is 14.6 Å². The van der Waals surface area contributed by atoms with E-state index in [-0.39, 0.29) is 15.3 Å². The van der Waals surface area contributed by atoms with Crippen LogP contribution in [-0.4, -0.2) is 43.6 Å². The monoisotopic (exact) mass is 680 g/mol. The van der Waals surface area contributed by atoms with Gasteiger partial charge < -0.3 is 9.47 Å². The van der Waals surface area contributed by atoms with Gasteiger partial charge in [-0.15, -0.1) is 0 Å². The van der Waals surface area contributed by atoms with Gasteiger partial charge in [0.2, 0.25) is 0 Å². The second-order valence-corrected chi connectivity index (χ2v) is 15.2. The van der Waals surface area contributed by atoms with E-state index in [1.807, 2.05) is 72.7 Å². The Morgan fingerprint density at radius 3 is 1.51 bits per heavy atom. The number of benzene rings is 2. The molecule has 2 aromatic rings. The minimum atomic E-state index is -1.26. The quantitative estimate of drug-likeness (QED) is 0.276. The maximum absolute atomic E-state index is 12.0. The normalized spacial score (nSPS) is 13.3. The smallest absolute Gasteiger partial charge is 0.163 e. The number of halogens is 2. The molecule has 0 bridgehead atoms. The Bertz CT molecular complexity index is 1140. The van der Waals surface area contributed by atoms with Gasteiger partial charge >= 0.3 is 0 Å². The Morgan fingerprint density at radius 1 is 0.811 bits per heavy atom. The molecule has 0 heterocycles. The molecule has 7 nitrogen and oxygen atoms in total. The van der Waals surface area contributed by atoms with E-state index in [1.54, 1.807) is 26.4 Å². The van der Waals surface area contributed by atoms with E-state index in [0.717, 1.165) is 20.3 Å². The molecule has 0 spiro atoms. The molecule has 0 radical (unpaired) electrons. The van der Waals surface area contributed by atoms with Gasteiger partial charge in [0, 0.05) is 14.5 Å². The molecule has 208 valence electrons. The number of methoxy groups -OCH3 is 2. The molecule has 2 aromatic carbocycles. The predicted octanol–water partition coefficient (Wildman–Crippen LogP) is 6.80. The minimum absolute atomic E-state index is 0.0133. The summed E-state index contributed by atoms with van der Waals surface area (Å²) in [6, 6.07) is 11.0. The molecule has 0 aliphatic carbocycles. The fraction of sp³-hybridized carbons (Fsp3) is 0.462. The van der Waals surface area contributed by atoms with Gasteiger partial charge in [-0.05, 0) is 91.8 Å². The van der Waals surface area contributed by atoms with Crippen LogP contribution in [0.15, 0.2) is 49.7 Å². The zero-order valence-electron chi connectivity index (χ0n) is 23.1. The summed E-state index contributed by atoms with van der Waals surface area (Å²) < 4.78 is 38.2. The largest absolute Gasteiger partial charge is 0.496 e. The second kappa shape index (κ2) is 15.9. The van der Waals surface area contributed by atoms with Crippen molar-refractivity contribution in [1.29, 1.82) is 0 Å². The molecule has 0 fully saturated rings. The summed E-state index contributed by atoms with van der Waals surface area (Å²) in [7, 11) is 0.715.